The van der Waals surface area contributed by atoms with Crippen LogP contribution in [-0.2, 0) is 6.54 Å². The molecule has 0 bridgehead atoms. The lowest BCUT2D eigenvalue weighted by Gasteiger charge is -1.99. The average Bonchev–Trinajstić information content (AvgIpc) is 2.74. The van der Waals surface area contributed by atoms with E-state index in [0.717, 1.165) is 17.9 Å². The summed E-state index contributed by atoms with van der Waals surface area (Å²) in [6, 6.07) is 0. The van der Waals surface area contributed by atoms with Gasteiger partial charge in [-0.05, 0) is 6.92 Å². The van der Waals surface area contributed by atoms with Gasteiger partial charge in [0.25, 0.3) is 0 Å². The Balaban J connectivity index is 2.29. The zero-order valence-electron chi connectivity index (χ0n) is 8.09. The van der Waals surface area contributed by atoms with Gasteiger partial charge in [0.1, 0.15) is 0 Å². The molecule has 5 heteroatoms. The predicted octanol–water partition coefficient (Wildman–Crippen LogP) is 0.336. The molecule has 2 heterocycles. The van der Waals surface area contributed by atoms with E-state index in [1.54, 1.807) is 6.33 Å². The molecule has 0 unspecified atom stereocenters. The molecule has 0 aliphatic heterocycles. The molecule has 2 aromatic heterocycles. The highest BCUT2D eigenvalue weighted by atomic mass is 15.3. The van der Waals surface area contributed by atoms with E-state index in [0.29, 0.717) is 6.54 Å². The van der Waals surface area contributed by atoms with Crippen LogP contribution in [0.4, 0.5) is 0 Å². The summed E-state index contributed by atoms with van der Waals surface area (Å²) in [5.41, 5.74) is 7.55. The Morgan fingerprint density at radius 1 is 1.43 bits per heavy atom. The standard InChI is InChI=1S/C9H13N5/c1-8-4-11-7-14(8)9-5-12-13(6-9)3-2-10/h4-7H,2-3,10H2,1H3. The number of aromatic nitrogens is 4. The molecule has 0 aliphatic rings. The first-order valence-corrected chi connectivity index (χ1v) is 4.53. The third-order valence-electron chi connectivity index (χ3n) is 2.08. The Morgan fingerprint density at radius 3 is 2.93 bits per heavy atom. The monoisotopic (exact) mass is 191 g/mol. The van der Waals surface area contributed by atoms with Crippen molar-refractivity contribution in [2.75, 3.05) is 6.54 Å². The van der Waals surface area contributed by atoms with Crippen LogP contribution in [0.3, 0.4) is 0 Å². The van der Waals surface area contributed by atoms with Gasteiger partial charge in [-0.15, -0.1) is 0 Å². The highest BCUT2D eigenvalue weighted by Crippen LogP contribution is 2.08. The van der Waals surface area contributed by atoms with Gasteiger partial charge in [-0.1, -0.05) is 0 Å². The third-order valence-corrected chi connectivity index (χ3v) is 2.08. The van der Waals surface area contributed by atoms with Crippen LogP contribution in [0.1, 0.15) is 5.69 Å². The van der Waals surface area contributed by atoms with Crippen LogP contribution in [0, 0.1) is 6.92 Å². The molecule has 0 saturated carbocycles. The molecule has 14 heavy (non-hydrogen) atoms. The summed E-state index contributed by atoms with van der Waals surface area (Å²) in [7, 11) is 0. The maximum absolute atomic E-state index is 5.44. The smallest absolute Gasteiger partial charge is 0.0995 e. The number of imidazole rings is 1. The summed E-state index contributed by atoms with van der Waals surface area (Å²) in [5.74, 6) is 0. The molecule has 0 fully saturated rings. The molecule has 2 N–H and O–H groups in total. The van der Waals surface area contributed by atoms with Crippen LogP contribution < -0.4 is 5.73 Å². The molecular weight excluding hydrogens is 178 g/mol. The summed E-state index contributed by atoms with van der Waals surface area (Å²) in [4.78, 5) is 4.05. The molecule has 0 spiro atoms. The molecular formula is C9H13N5. The van der Waals surface area contributed by atoms with Crippen LogP contribution in [-0.4, -0.2) is 25.9 Å². The Labute approximate surface area is 82.2 Å². The quantitative estimate of drug-likeness (QED) is 0.760. The molecule has 2 rings (SSSR count). The molecule has 2 aromatic rings. The number of hydrogen-bond donors (Lipinski definition) is 1. The normalized spacial score (nSPS) is 10.7. The molecule has 0 amide bonds. The van der Waals surface area contributed by atoms with E-state index in [9.17, 15) is 0 Å². The minimum Gasteiger partial charge on any atom is -0.329 e. The van der Waals surface area contributed by atoms with Crippen LogP contribution >= 0.6 is 0 Å². The number of hydrogen-bond acceptors (Lipinski definition) is 3. The highest BCUT2D eigenvalue weighted by molar-refractivity contribution is 5.27. The Kier molecular flexibility index (Phi) is 2.32. The predicted molar refractivity (Wildman–Crippen MR) is 53.1 cm³/mol. The van der Waals surface area contributed by atoms with Gasteiger partial charge in [-0.3, -0.25) is 4.68 Å². The average molecular weight is 191 g/mol. The first-order valence-electron chi connectivity index (χ1n) is 4.53. The molecule has 0 aliphatic carbocycles. The van der Waals surface area contributed by atoms with Gasteiger partial charge in [0.15, 0.2) is 0 Å². The van der Waals surface area contributed by atoms with Gasteiger partial charge in [-0.25, -0.2) is 4.98 Å². The Morgan fingerprint density at radius 2 is 2.29 bits per heavy atom. The van der Waals surface area contributed by atoms with Crippen LogP contribution in [0.5, 0.6) is 0 Å². The van der Waals surface area contributed by atoms with Crippen molar-refractivity contribution >= 4 is 0 Å². The van der Waals surface area contributed by atoms with Gasteiger partial charge in [0.05, 0.1) is 24.8 Å². The lowest BCUT2D eigenvalue weighted by Crippen LogP contribution is -2.09. The fourth-order valence-corrected chi connectivity index (χ4v) is 1.36. The lowest BCUT2D eigenvalue weighted by molar-refractivity contribution is 0.624. The van der Waals surface area contributed by atoms with Crippen molar-refractivity contribution in [3.05, 3.63) is 30.6 Å². The van der Waals surface area contributed by atoms with Gasteiger partial charge in [-0.2, -0.15) is 5.10 Å². The third kappa shape index (κ3) is 1.54. The minimum atomic E-state index is 0.601. The van der Waals surface area contributed by atoms with Crippen molar-refractivity contribution < 1.29 is 0 Å². The van der Waals surface area contributed by atoms with E-state index in [-0.39, 0.29) is 0 Å². The largest absolute Gasteiger partial charge is 0.329 e. The van der Waals surface area contributed by atoms with Gasteiger partial charge in [0.2, 0.25) is 0 Å². The summed E-state index contributed by atoms with van der Waals surface area (Å²) < 4.78 is 3.81. The van der Waals surface area contributed by atoms with E-state index < -0.39 is 0 Å². The van der Waals surface area contributed by atoms with Crippen molar-refractivity contribution in [2.45, 2.75) is 13.5 Å². The SMILES string of the molecule is Cc1cncn1-c1cnn(CCN)c1. The highest BCUT2D eigenvalue weighted by Gasteiger charge is 2.02. The zero-order chi connectivity index (χ0) is 9.97. The van der Waals surface area contributed by atoms with Crippen molar-refractivity contribution in [3.63, 3.8) is 0 Å². The molecule has 0 radical (unpaired) electrons. The molecule has 0 saturated heterocycles. The second kappa shape index (κ2) is 3.63. The van der Waals surface area contributed by atoms with Crippen LogP contribution in [0.15, 0.2) is 24.9 Å². The number of nitrogens with zero attached hydrogens (tertiary/aromatic N) is 4. The van der Waals surface area contributed by atoms with Gasteiger partial charge < -0.3 is 10.3 Å². The molecule has 0 aromatic carbocycles. The fraction of sp³-hybridized carbons (Fsp3) is 0.333. The summed E-state index contributed by atoms with van der Waals surface area (Å²) in [6.45, 7) is 3.35. The van der Waals surface area contributed by atoms with E-state index in [1.165, 1.54) is 0 Å². The Bertz CT molecular complexity index is 414. The van der Waals surface area contributed by atoms with Gasteiger partial charge in [0, 0.05) is 24.6 Å². The minimum absolute atomic E-state index is 0.601. The van der Waals surface area contributed by atoms with Crippen LogP contribution in [0.25, 0.3) is 5.69 Å². The topological polar surface area (TPSA) is 61.7 Å². The van der Waals surface area contributed by atoms with E-state index in [1.807, 2.05) is 34.8 Å². The van der Waals surface area contributed by atoms with Crippen molar-refractivity contribution in [3.8, 4) is 5.69 Å². The van der Waals surface area contributed by atoms with Crippen molar-refractivity contribution in [1.29, 1.82) is 0 Å². The van der Waals surface area contributed by atoms with Crippen molar-refractivity contribution in [2.24, 2.45) is 5.73 Å². The molecule has 0 atom stereocenters. The van der Waals surface area contributed by atoms with E-state index in [4.69, 9.17) is 5.73 Å². The van der Waals surface area contributed by atoms with E-state index in [2.05, 4.69) is 10.1 Å². The van der Waals surface area contributed by atoms with Crippen molar-refractivity contribution in [1.82, 2.24) is 19.3 Å². The maximum atomic E-state index is 5.44. The molecule has 74 valence electrons. The first kappa shape index (κ1) is 8.96. The Hall–Kier alpha value is -1.62. The number of nitrogens with two attached hydrogens (primary N) is 1. The number of aryl methyl sites for hydroxylation is 1. The summed E-state index contributed by atoms with van der Waals surface area (Å²) in [6.07, 6.45) is 7.37. The lowest BCUT2D eigenvalue weighted by atomic mass is 10.5. The fourth-order valence-electron chi connectivity index (χ4n) is 1.36. The summed E-state index contributed by atoms with van der Waals surface area (Å²) >= 11 is 0. The maximum Gasteiger partial charge on any atom is 0.0995 e. The molecule has 5 nitrogen and oxygen atoms in total. The first-order chi connectivity index (χ1) is 6.81. The summed E-state index contributed by atoms with van der Waals surface area (Å²) in [5, 5.41) is 4.19. The van der Waals surface area contributed by atoms with E-state index >= 15 is 0 Å². The second-order valence-corrected chi connectivity index (χ2v) is 3.16. The number of rotatable bonds is 3. The van der Waals surface area contributed by atoms with Gasteiger partial charge >= 0.3 is 0 Å². The van der Waals surface area contributed by atoms with Crippen LogP contribution in [0.2, 0.25) is 0 Å². The zero-order valence-corrected chi connectivity index (χ0v) is 8.09. The second-order valence-electron chi connectivity index (χ2n) is 3.16.